The highest BCUT2D eigenvalue weighted by atomic mass is 16.5. The van der Waals surface area contributed by atoms with Crippen LogP contribution >= 0.6 is 0 Å². The van der Waals surface area contributed by atoms with E-state index in [1.165, 1.54) is 52.1 Å². The van der Waals surface area contributed by atoms with Crippen LogP contribution in [0.1, 0.15) is 104 Å². The van der Waals surface area contributed by atoms with E-state index >= 15 is 0 Å². The fourth-order valence-electron chi connectivity index (χ4n) is 6.45. The molecule has 0 amide bonds. The lowest BCUT2D eigenvalue weighted by atomic mass is 9.91. The predicted octanol–water partition coefficient (Wildman–Crippen LogP) is 7.01. The number of carbonyl (C=O) groups excluding carboxylic acids is 1. The van der Waals surface area contributed by atoms with Gasteiger partial charge in [-0.3, -0.25) is 4.79 Å². The second kappa shape index (κ2) is 8.68. The molecule has 4 aliphatic rings. The highest BCUT2D eigenvalue weighted by Gasteiger charge is 2.52. The first-order valence-corrected chi connectivity index (χ1v) is 12.6. The molecule has 0 bridgehead atoms. The summed E-state index contributed by atoms with van der Waals surface area (Å²) in [7, 11) is 1.50. The minimum absolute atomic E-state index is 0.0383. The van der Waals surface area contributed by atoms with Crippen molar-refractivity contribution in [1.82, 2.24) is 0 Å². The molecule has 0 saturated heterocycles. The van der Waals surface area contributed by atoms with Crippen LogP contribution in [-0.4, -0.2) is 13.1 Å². The highest BCUT2D eigenvalue weighted by molar-refractivity contribution is 5.69. The largest absolute Gasteiger partial charge is 0.469 e. The topological polar surface area (TPSA) is 26.3 Å². The van der Waals surface area contributed by atoms with Gasteiger partial charge in [-0.15, -0.1) is 0 Å². The Hall–Kier alpha value is -0.530. The number of hydrogen-bond donors (Lipinski definition) is 0. The van der Waals surface area contributed by atoms with Crippen LogP contribution < -0.4 is 0 Å². The van der Waals surface area contributed by atoms with E-state index in [4.69, 9.17) is 4.74 Å². The molecule has 4 aliphatic carbocycles. The van der Waals surface area contributed by atoms with E-state index in [2.05, 4.69) is 13.8 Å². The average Bonchev–Trinajstić information content (AvgIpc) is 3.50. The fraction of sp³-hybridized carbons (Fsp3) is 0.962. The standard InChI is InChI=1S/C26H44O2/c1-4-5-6-9-26(10-11-26)17-23-15-21(23)13-19-12-20(19)14-22-16-24(22)18(2)7-8-25(27)28-3/h18-24H,4-17H2,1-3H3. The van der Waals surface area contributed by atoms with Crippen molar-refractivity contribution in [3.63, 3.8) is 0 Å². The third-order valence-electron chi connectivity index (χ3n) is 9.05. The highest BCUT2D eigenvalue weighted by Crippen LogP contribution is 2.63. The number of ether oxygens (including phenoxy) is 1. The molecular weight excluding hydrogens is 344 g/mol. The molecule has 4 rings (SSSR count). The Morgan fingerprint density at radius 1 is 1.00 bits per heavy atom. The van der Waals surface area contributed by atoms with Gasteiger partial charge in [0.1, 0.15) is 0 Å². The smallest absolute Gasteiger partial charge is 0.305 e. The maximum atomic E-state index is 11.3. The normalized spacial score (nSPS) is 38.0. The third-order valence-corrected chi connectivity index (χ3v) is 9.05. The van der Waals surface area contributed by atoms with Gasteiger partial charge in [0.2, 0.25) is 0 Å². The van der Waals surface area contributed by atoms with Gasteiger partial charge in [0.25, 0.3) is 0 Å². The van der Waals surface area contributed by atoms with E-state index in [1.807, 2.05) is 0 Å². The zero-order chi connectivity index (χ0) is 19.7. The van der Waals surface area contributed by atoms with Gasteiger partial charge < -0.3 is 4.74 Å². The molecule has 0 radical (unpaired) electrons. The fourth-order valence-corrected chi connectivity index (χ4v) is 6.45. The zero-order valence-corrected chi connectivity index (χ0v) is 18.8. The number of rotatable bonds is 14. The molecule has 0 N–H and O–H groups in total. The molecule has 4 fully saturated rings. The molecule has 0 aromatic heterocycles. The van der Waals surface area contributed by atoms with Crippen LogP contribution in [-0.2, 0) is 9.53 Å². The minimum atomic E-state index is -0.0383. The molecule has 0 aromatic carbocycles. The minimum Gasteiger partial charge on any atom is -0.469 e. The van der Waals surface area contributed by atoms with Gasteiger partial charge >= 0.3 is 5.97 Å². The average molecular weight is 389 g/mol. The summed E-state index contributed by atoms with van der Waals surface area (Å²) in [5, 5.41) is 0. The lowest BCUT2D eigenvalue weighted by molar-refractivity contribution is -0.140. The molecule has 160 valence electrons. The van der Waals surface area contributed by atoms with Crippen LogP contribution in [0.25, 0.3) is 0 Å². The van der Waals surface area contributed by atoms with Crippen molar-refractivity contribution < 1.29 is 9.53 Å². The van der Waals surface area contributed by atoms with Crippen molar-refractivity contribution in [3.05, 3.63) is 0 Å². The Balaban J connectivity index is 1.07. The summed E-state index contributed by atoms with van der Waals surface area (Å²) in [5.41, 5.74) is 0.819. The zero-order valence-electron chi connectivity index (χ0n) is 18.8. The van der Waals surface area contributed by atoms with Crippen molar-refractivity contribution in [3.8, 4) is 0 Å². The summed E-state index contributed by atoms with van der Waals surface area (Å²) in [6.07, 6.45) is 19.7. The van der Waals surface area contributed by atoms with Crippen LogP contribution in [0.15, 0.2) is 0 Å². The Kier molecular flexibility index (Phi) is 6.43. The van der Waals surface area contributed by atoms with Crippen LogP contribution in [0.2, 0.25) is 0 Å². The van der Waals surface area contributed by atoms with Gasteiger partial charge in [-0.1, -0.05) is 33.1 Å². The van der Waals surface area contributed by atoms with Gasteiger partial charge in [-0.2, -0.15) is 0 Å². The number of unbranched alkanes of at least 4 members (excludes halogenated alkanes) is 2. The molecule has 4 saturated carbocycles. The first kappa shape index (κ1) is 20.7. The molecule has 0 aromatic rings. The van der Waals surface area contributed by atoms with Crippen LogP contribution in [0.5, 0.6) is 0 Å². The van der Waals surface area contributed by atoms with Gasteiger partial charge in [0.15, 0.2) is 0 Å². The van der Waals surface area contributed by atoms with Gasteiger partial charge in [-0.25, -0.2) is 0 Å². The quantitative estimate of drug-likeness (QED) is 0.236. The number of hydrogen-bond acceptors (Lipinski definition) is 2. The molecule has 7 unspecified atom stereocenters. The Morgan fingerprint density at radius 3 is 2.36 bits per heavy atom. The molecule has 0 spiro atoms. The third kappa shape index (κ3) is 5.54. The van der Waals surface area contributed by atoms with Crippen LogP contribution in [0.4, 0.5) is 0 Å². The lowest BCUT2D eigenvalue weighted by Gasteiger charge is -2.14. The van der Waals surface area contributed by atoms with Crippen LogP contribution in [0.3, 0.4) is 0 Å². The van der Waals surface area contributed by atoms with E-state index in [9.17, 15) is 4.79 Å². The Morgan fingerprint density at radius 2 is 1.68 bits per heavy atom. The van der Waals surface area contributed by atoms with E-state index < -0.39 is 0 Å². The van der Waals surface area contributed by atoms with Gasteiger partial charge in [0, 0.05) is 6.42 Å². The second-order valence-corrected chi connectivity index (χ2v) is 11.4. The summed E-state index contributed by atoms with van der Waals surface area (Å²) in [4.78, 5) is 11.3. The van der Waals surface area contributed by atoms with E-state index in [-0.39, 0.29) is 5.97 Å². The lowest BCUT2D eigenvalue weighted by Crippen LogP contribution is -2.06. The van der Waals surface area contributed by atoms with Crippen molar-refractivity contribution >= 4 is 5.97 Å². The monoisotopic (exact) mass is 388 g/mol. The van der Waals surface area contributed by atoms with Crippen molar-refractivity contribution in [1.29, 1.82) is 0 Å². The Bertz CT molecular complexity index is 537. The molecule has 2 heteroatoms. The first-order valence-electron chi connectivity index (χ1n) is 12.6. The molecule has 28 heavy (non-hydrogen) atoms. The molecule has 0 aliphatic heterocycles. The first-order chi connectivity index (χ1) is 13.5. The molecule has 2 nitrogen and oxygen atoms in total. The van der Waals surface area contributed by atoms with Crippen molar-refractivity contribution in [2.45, 2.75) is 104 Å². The number of carbonyl (C=O) groups is 1. The summed E-state index contributed by atoms with van der Waals surface area (Å²) >= 11 is 0. The SMILES string of the molecule is CCCCCC1(CC2CC2CC2CC2CC2CC2C(C)CCC(=O)OC)CC1. The number of methoxy groups -OCH3 is 1. The van der Waals surface area contributed by atoms with Gasteiger partial charge in [0.05, 0.1) is 7.11 Å². The predicted molar refractivity (Wildman–Crippen MR) is 115 cm³/mol. The van der Waals surface area contributed by atoms with E-state index in [0.717, 1.165) is 47.3 Å². The Labute approximate surface area is 173 Å². The van der Waals surface area contributed by atoms with Crippen molar-refractivity contribution in [2.24, 2.45) is 46.8 Å². The molecule has 7 atom stereocenters. The van der Waals surface area contributed by atoms with E-state index in [1.54, 1.807) is 32.1 Å². The van der Waals surface area contributed by atoms with Gasteiger partial charge in [-0.05, 0) is 111 Å². The number of esters is 1. The van der Waals surface area contributed by atoms with Crippen molar-refractivity contribution in [2.75, 3.05) is 7.11 Å². The van der Waals surface area contributed by atoms with Crippen LogP contribution in [0, 0.1) is 46.8 Å². The molecular formula is C26H44O2. The summed E-state index contributed by atoms with van der Waals surface area (Å²) < 4.78 is 4.79. The summed E-state index contributed by atoms with van der Waals surface area (Å²) in [5.74, 6) is 6.90. The second-order valence-electron chi connectivity index (χ2n) is 11.4. The maximum Gasteiger partial charge on any atom is 0.305 e. The summed E-state index contributed by atoms with van der Waals surface area (Å²) in [6.45, 7) is 4.68. The molecule has 0 heterocycles. The maximum absolute atomic E-state index is 11.3. The summed E-state index contributed by atoms with van der Waals surface area (Å²) in [6, 6.07) is 0. The van der Waals surface area contributed by atoms with E-state index in [0.29, 0.717) is 12.3 Å².